The Bertz CT molecular complexity index is 972. The molecular formula is C20H19FN4O2S. The molecule has 3 rings (SSSR count). The summed E-state index contributed by atoms with van der Waals surface area (Å²) in [5.74, 6) is -0.519. The van der Waals surface area contributed by atoms with Gasteiger partial charge >= 0.3 is 6.03 Å². The van der Waals surface area contributed by atoms with Crippen molar-refractivity contribution >= 4 is 34.1 Å². The van der Waals surface area contributed by atoms with Gasteiger partial charge in [-0.15, -0.1) is 11.3 Å². The van der Waals surface area contributed by atoms with Crippen LogP contribution in [0.1, 0.15) is 16.8 Å². The third kappa shape index (κ3) is 5.88. The minimum Gasteiger partial charge on any atom is -0.352 e. The number of hydrogen-bond acceptors (Lipinski definition) is 4. The average Bonchev–Trinajstić information content (AvgIpc) is 3.07. The number of amides is 3. The number of carbonyl (C=O) groups excluding carboxylic acids is 2. The van der Waals surface area contributed by atoms with Crippen LogP contribution >= 0.6 is 11.3 Å². The Balaban J connectivity index is 1.47. The van der Waals surface area contributed by atoms with Gasteiger partial charge in [0.15, 0.2) is 5.13 Å². The van der Waals surface area contributed by atoms with Gasteiger partial charge in [0.25, 0.3) is 0 Å². The molecule has 8 heteroatoms. The van der Waals surface area contributed by atoms with Gasteiger partial charge in [0.1, 0.15) is 5.82 Å². The Kier molecular flexibility index (Phi) is 6.33. The lowest BCUT2D eigenvalue weighted by atomic mass is 10.2. The highest BCUT2D eigenvalue weighted by Gasteiger charge is 2.10. The molecule has 6 nitrogen and oxygen atoms in total. The molecule has 0 spiro atoms. The molecule has 3 aromatic rings. The summed E-state index contributed by atoms with van der Waals surface area (Å²) in [6.07, 6.45) is 0.0961. The highest BCUT2D eigenvalue weighted by atomic mass is 32.1. The normalized spacial score (nSPS) is 10.4. The second kappa shape index (κ2) is 9.09. The fourth-order valence-electron chi connectivity index (χ4n) is 2.46. The smallest absolute Gasteiger partial charge is 0.325 e. The predicted octanol–water partition coefficient (Wildman–Crippen LogP) is 4.09. The Hall–Kier alpha value is -3.26. The molecule has 1 aromatic heterocycles. The fourth-order valence-corrected chi connectivity index (χ4v) is 3.16. The first-order valence-corrected chi connectivity index (χ1v) is 9.46. The minimum absolute atomic E-state index is 0.0961. The summed E-state index contributed by atoms with van der Waals surface area (Å²) < 4.78 is 12.9. The van der Waals surface area contributed by atoms with Gasteiger partial charge in [-0.25, -0.2) is 14.2 Å². The molecule has 0 aliphatic carbocycles. The van der Waals surface area contributed by atoms with E-state index in [-0.39, 0.29) is 18.1 Å². The molecule has 0 saturated carbocycles. The third-order valence-corrected chi connectivity index (χ3v) is 4.60. The van der Waals surface area contributed by atoms with Gasteiger partial charge in [0, 0.05) is 17.6 Å². The lowest BCUT2D eigenvalue weighted by Crippen LogP contribution is -2.24. The number of thiazole rings is 1. The molecule has 0 atom stereocenters. The number of aromatic nitrogens is 1. The minimum atomic E-state index is -0.396. The van der Waals surface area contributed by atoms with Crippen LogP contribution in [-0.4, -0.2) is 16.9 Å². The molecule has 28 heavy (non-hydrogen) atoms. The van der Waals surface area contributed by atoms with E-state index in [9.17, 15) is 14.0 Å². The quantitative estimate of drug-likeness (QED) is 0.585. The summed E-state index contributed by atoms with van der Waals surface area (Å²) in [4.78, 5) is 28.3. The predicted molar refractivity (Wildman–Crippen MR) is 108 cm³/mol. The molecule has 0 bridgehead atoms. The maximum absolute atomic E-state index is 12.9. The highest BCUT2D eigenvalue weighted by Crippen LogP contribution is 2.17. The Labute approximate surface area is 165 Å². The topological polar surface area (TPSA) is 83.1 Å². The number of benzene rings is 2. The van der Waals surface area contributed by atoms with E-state index < -0.39 is 6.03 Å². The van der Waals surface area contributed by atoms with Gasteiger partial charge < -0.3 is 10.6 Å². The summed E-state index contributed by atoms with van der Waals surface area (Å²) >= 11 is 1.24. The van der Waals surface area contributed by atoms with Gasteiger partial charge in [-0.1, -0.05) is 24.3 Å². The zero-order valence-corrected chi connectivity index (χ0v) is 16.0. The molecule has 0 saturated heterocycles. The van der Waals surface area contributed by atoms with E-state index in [4.69, 9.17) is 0 Å². The number of urea groups is 1. The summed E-state index contributed by atoms with van der Waals surface area (Å²) in [6, 6.07) is 13.0. The number of rotatable bonds is 6. The van der Waals surface area contributed by atoms with E-state index in [0.717, 1.165) is 11.1 Å². The van der Waals surface area contributed by atoms with E-state index in [0.29, 0.717) is 23.1 Å². The maximum atomic E-state index is 12.9. The summed E-state index contributed by atoms with van der Waals surface area (Å²) in [7, 11) is 0. The molecule has 3 amide bonds. The van der Waals surface area contributed by atoms with Crippen LogP contribution < -0.4 is 16.0 Å². The van der Waals surface area contributed by atoms with Gasteiger partial charge in [0.2, 0.25) is 5.91 Å². The summed E-state index contributed by atoms with van der Waals surface area (Å²) in [5.41, 5.74) is 3.10. The second-order valence-corrected chi connectivity index (χ2v) is 7.03. The van der Waals surface area contributed by atoms with Crippen LogP contribution in [0.5, 0.6) is 0 Å². The molecule has 0 unspecified atom stereocenters. The lowest BCUT2D eigenvalue weighted by Gasteiger charge is -2.06. The average molecular weight is 398 g/mol. The van der Waals surface area contributed by atoms with Crippen LogP contribution in [0.25, 0.3) is 0 Å². The Morgan fingerprint density at radius 2 is 1.89 bits per heavy atom. The number of nitrogens with one attached hydrogen (secondary N) is 3. The molecule has 2 aromatic carbocycles. The number of hydrogen-bond donors (Lipinski definition) is 3. The van der Waals surface area contributed by atoms with Crippen molar-refractivity contribution in [2.45, 2.75) is 19.9 Å². The summed E-state index contributed by atoms with van der Waals surface area (Å²) in [5, 5.41) is 10.3. The van der Waals surface area contributed by atoms with Gasteiger partial charge in [-0.05, 0) is 42.3 Å². The van der Waals surface area contributed by atoms with Crippen molar-refractivity contribution in [1.29, 1.82) is 0 Å². The first-order valence-electron chi connectivity index (χ1n) is 8.58. The fraction of sp³-hybridized carbons (Fsp3) is 0.150. The molecule has 144 valence electrons. The standard InChI is InChI=1S/C20H19FN4O2S/c1-13-3-2-4-16(9-13)23-19(27)25-20-24-17(12-28-20)10-18(26)22-11-14-5-7-15(21)8-6-14/h2-9,12H,10-11H2,1H3,(H,22,26)(H2,23,24,25,27). The highest BCUT2D eigenvalue weighted by molar-refractivity contribution is 7.14. The number of anilines is 2. The van der Waals surface area contributed by atoms with Crippen LogP contribution in [0.4, 0.5) is 20.0 Å². The summed E-state index contributed by atoms with van der Waals surface area (Å²) in [6.45, 7) is 2.25. The number of halogens is 1. The first kappa shape index (κ1) is 19.5. The van der Waals surface area contributed by atoms with Crippen molar-refractivity contribution in [1.82, 2.24) is 10.3 Å². The molecule has 0 fully saturated rings. The number of carbonyl (C=O) groups is 2. The molecule has 0 radical (unpaired) electrons. The van der Waals surface area contributed by atoms with Crippen molar-refractivity contribution in [2.24, 2.45) is 0 Å². The van der Waals surface area contributed by atoms with Gasteiger partial charge in [-0.3, -0.25) is 10.1 Å². The van der Waals surface area contributed by atoms with Crippen LogP contribution in [-0.2, 0) is 17.8 Å². The van der Waals surface area contributed by atoms with Gasteiger partial charge in [0.05, 0.1) is 12.1 Å². The van der Waals surface area contributed by atoms with Crippen LogP contribution in [0.3, 0.4) is 0 Å². The Morgan fingerprint density at radius 1 is 1.11 bits per heavy atom. The molecule has 1 heterocycles. The molecule has 0 aliphatic rings. The number of nitrogens with zero attached hydrogens (tertiary/aromatic N) is 1. The van der Waals surface area contributed by atoms with Gasteiger partial charge in [-0.2, -0.15) is 0 Å². The van der Waals surface area contributed by atoms with E-state index in [1.54, 1.807) is 23.6 Å². The molecular weight excluding hydrogens is 379 g/mol. The van der Waals surface area contributed by atoms with Crippen molar-refractivity contribution in [2.75, 3.05) is 10.6 Å². The zero-order chi connectivity index (χ0) is 19.9. The van der Waals surface area contributed by atoms with E-state index >= 15 is 0 Å². The first-order chi connectivity index (χ1) is 13.5. The Morgan fingerprint density at radius 3 is 2.64 bits per heavy atom. The van der Waals surface area contributed by atoms with Crippen molar-refractivity contribution < 1.29 is 14.0 Å². The van der Waals surface area contributed by atoms with Crippen LogP contribution in [0, 0.1) is 12.7 Å². The molecule has 3 N–H and O–H groups in total. The van der Waals surface area contributed by atoms with Crippen LogP contribution in [0.15, 0.2) is 53.9 Å². The van der Waals surface area contributed by atoms with Crippen molar-refractivity contribution in [3.63, 3.8) is 0 Å². The maximum Gasteiger partial charge on any atom is 0.325 e. The van der Waals surface area contributed by atoms with Crippen molar-refractivity contribution in [3.05, 3.63) is 76.5 Å². The van der Waals surface area contributed by atoms with E-state index in [1.807, 2.05) is 25.1 Å². The largest absolute Gasteiger partial charge is 0.352 e. The third-order valence-electron chi connectivity index (χ3n) is 3.79. The van der Waals surface area contributed by atoms with E-state index in [2.05, 4.69) is 20.9 Å². The van der Waals surface area contributed by atoms with E-state index in [1.165, 1.54) is 23.5 Å². The monoisotopic (exact) mass is 398 g/mol. The SMILES string of the molecule is Cc1cccc(NC(=O)Nc2nc(CC(=O)NCc3ccc(F)cc3)cs2)c1. The lowest BCUT2D eigenvalue weighted by molar-refractivity contribution is -0.120. The zero-order valence-electron chi connectivity index (χ0n) is 15.2. The molecule has 0 aliphatic heterocycles. The van der Waals surface area contributed by atoms with Crippen LogP contribution in [0.2, 0.25) is 0 Å². The van der Waals surface area contributed by atoms with Crippen molar-refractivity contribution in [3.8, 4) is 0 Å². The second-order valence-electron chi connectivity index (χ2n) is 6.17. The number of aryl methyl sites for hydroxylation is 1.